The summed E-state index contributed by atoms with van der Waals surface area (Å²) in [5.41, 5.74) is 2.21. The summed E-state index contributed by atoms with van der Waals surface area (Å²) in [6, 6.07) is 13.2. The van der Waals surface area contributed by atoms with Crippen molar-refractivity contribution < 1.29 is 14.3 Å². The second kappa shape index (κ2) is 7.49. The second-order valence-electron chi connectivity index (χ2n) is 5.78. The summed E-state index contributed by atoms with van der Waals surface area (Å²) in [5, 5.41) is 8.86. The number of urea groups is 1. The van der Waals surface area contributed by atoms with Gasteiger partial charge in [-0.2, -0.15) is 0 Å². The van der Waals surface area contributed by atoms with E-state index in [2.05, 4.69) is 16.0 Å². The van der Waals surface area contributed by atoms with Crippen molar-refractivity contribution in [2.45, 2.75) is 13.0 Å². The first-order chi connectivity index (χ1) is 12.5. The van der Waals surface area contributed by atoms with Crippen LogP contribution in [0.25, 0.3) is 0 Å². The fraction of sp³-hybridized carbons (Fsp3) is 0.158. The van der Waals surface area contributed by atoms with Crippen molar-refractivity contribution in [3.05, 3.63) is 70.4 Å². The van der Waals surface area contributed by atoms with Crippen LogP contribution in [0.2, 0.25) is 5.02 Å². The average molecular weight is 372 g/mol. The van der Waals surface area contributed by atoms with Gasteiger partial charge in [0, 0.05) is 10.7 Å². The van der Waals surface area contributed by atoms with E-state index in [0.717, 1.165) is 5.56 Å². The predicted molar refractivity (Wildman–Crippen MR) is 100 cm³/mol. The molecule has 0 spiro atoms. The van der Waals surface area contributed by atoms with Crippen molar-refractivity contribution in [2.75, 3.05) is 12.4 Å². The van der Waals surface area contributed by atoms with Crippen molar-refractivity contribution in [3.8, 4) is 5.75 Å². The zero-order valence-electron chi connectivity index (χ0n) is 14.3. The van der Waals surface area contributed by atoms with E-state index in [1.165, 1.54) is 7.11 Å². The molecule has 1 atom stereocenters. The third-order valence-electron chi connectivity index (χ3n) is 4.07. The van der Waals surface area contributed by atoms with Gasteiger partial charge in [0.25, 0.3) is 5.91 Å². The topological polar surface area (TPSA) is 79.5 Å². The number of anilines is 1. The highest BCUT2D eigenvalue weighted by molar-refractivity contribution is 6.30. The number of hydrogen-bond donors (Lipinski definition) is 3. The molecule has 0 saturated carbocycles. The Bertz CT molecular complexity index is 878. The first-order valence-corrected chi connectivity index (χ1v) is 8.35. The number of carbonyl (C=O) groups is 2. The number of halogens is 1. The number of methoxy groups -OCH3 is 1. The molecule has 1 aliphatic heterocycles. The van der Waals surface area contributed by atoms with Crippen LogP contribution >= 0.6 is 11.6 Å². The minimum Gasteiger partial charge on any atom is -0.495 e. The highest BCUT2D eigenvalue weighted by Crippen LogP contribution is 2.30. The molecule has 3 rings (SSSR count). The van der Waals surface area contributed by atoms with E-state index in [4.69, 9.17) is 16.3 Å². The SMILES string of the molecule is COc1ccccc1NC(=O)C1=C(C)NC(=O)N[C@H]1c1ccc(Cl)cc1. The lowest BCUT2D eigenvalue weighted by molar-refractivity contribution is -0.113. The average Bonchev–Trinajstić information content (AvgIpc) is 2.62. The van der Waals surface area contributed by atoms with Gasteiger partial charge in [0.15, 0.2) is 0 Å². The lowest BCUT2D eigenvalue weighted by Gasteiger charge is -2.28. The van der Waals surface area contributed by atoms with Crippen LogP contribution in [0.3, 0.4) is 0 Å². The highest BCUT2D eigenvalue weighted by atomic mass is 35.5. The van der Waals surface area contributed by atoms with Crippen LogP contribution in [0.1, 0.15) is 18.5 Å². The number of carbonyl (C=O) groups excluding carboxylic acids is 2. The molecule has 0 fully saturated rings. The Kier molecular flexibility index (Phi) is 5.14. The maximum atomic E-state index is 13.0. The Morgan fingerprint density at radius 1 is 1.15 bits per heavy atom. The van der Waals surface area contributed by atoms with Crippen LogP contribution in [-0.2, 0) is 4.79 Å². The monoisotopic (exact) mass is 371 g/mol. The zero-order valence-corrected chi connectivity index (χ0v) is 15.1. The maximum Gasteiger partial charge on any atom is 0.319 e. The van der Waals surface area contributed by atoms with Gasteiger partial charge in [-0.25, -0.2) is 4.79 Å². The third-order valence-corrected chi connectivity index (χ3v) is 4.32. The van der Waals surface area contributed by atoms with Gasteiger partial charge in [0.1, 0.15) is 5.75 Å². The fourth-order valence-electron chi connectivity index (χ4n) is 2.84. The van der Waals surface area contributed by atoms with Gasteiger partial charge < -0.3 is 20.7 Å². The van der Waals surface area contributed by atoms with Crippen molar-refractivity contribution in [1.29, 1.82) is 0 Å². The summed E-state index contributed by atoms with van der Waals surface area (Å²) in [4.78, 5) is 24.9. The standard InChI is InChI=1S/C19H18ClN3O3/c1-11-16(18(24)22-14-5-3-4-6-15(14)26-2)17(23-19(25)21-11)12-7-9-13(20)10-8-12/h3-10,17H,1-2H3,(H,22,24)(H2,21,23,25)/t17-/m0/s1. The van der Waals surface area contributed by atoms with Crippen LogP contribution in [0.5, 0.6) is 5.75 Å². The van der Waals surface area contributed by atoms with Crippen molar-refractivity contribution in [2.24, 2.45) is 0 Å². The predicted octanol–water partition coefficient (Wildman–Crippen LogP) is 3.62. The van der Waals surface area contributed by atoms with Gasteiger partial charge in [0.05, 0.1) is 24.4 Å². The van der Waals surface area contributed by atoms with Gasteiger partial charge in [-0.15, -0.1) is 0 Å². The molecule has 0 bridgehead atoms. The van der Waals surface area contributed by atoms with Crippen LogP contribution in [0, 0.1) is 0 Å². The Morgan fingerprint density at radius 3 is 2.54 bits per heavy atom. The summed E-state index contributed by atoms with van der Waals surface area (Å²) in [6.07, 6.45) is 0. The Balaban J connectivity index is 1.95. The number of rotatable bonds is 4. The molecule has 26 heavy (non-hydrogen) atoms. The van der Waals surface area contributed by atoms with E-state index >= 15 is 0 Å². The molecule has 1 heterocycles. The largest absolute Gasteiger partial charge is 0.495 e. The van der Waals surface area contributed by atoms with Crippen LogP contribution in [0.15, 0.2) is 59.8 Å². The zero-order chi connectivity index (χ0) is 18.7. The van der Waals surface area contributed by atoms with E-state index in [-0.39, 0.29) is 11.9 Å². The smallest absolute Gasteiger partial charge is 0.319 e. The minimum atomic E-state index is -0.587. The molecule has 2 aromatic carbocycles. The molecule has 0 aromatic heterocycles. The normalized spacial score (nSPS) is 16.6. The molecular formula is C19H18ClN3O3. The first kappa shape index (κ1) is 17.8. The molecule has 0 radical (unpaired) electrons. The molecule has 6 nitrogen and oxygen atoms in total. The van der Waals surface area contributed by atoms with Crippen molar-refractivity contribution in [3.63, 3.8) is 0 Å². The number of nitrogens with one attached hydrogen (secondary N) is 3. The molecular weight excluding hydrogens is 354 g/mol. The van der Waals surface area contributed by atoms with Gasteiger partial charge in [-0.1, -0.05) is 35.9 Å². The number of benzene rings is 2. The van der Waals surface area contributed by atoms with E-state index in [0.29, 0.717) is 27.7 Å². The maximum absolute atomic E-state index is 13.0. The van der Waals surface area contributed by atoms with Gasteiger partial charge in [-0.05, 0) is 36.8 Å². The first-order valence-electron chi connectivity index (χ1n) is 7.97. The summed E-state index contributed by atoms with van der Waals surface area (Å²) in [5.74, 6) is 0.217. The molecule has 0 unspecified atom stereocenters. The Hall–Kier alpha value is -2.99. The van der Waals surface area contributed by atoms with E-state index in [1.54, 1.807) is 49.4 Å². The summed E-state index contributed by atoms with van der Waals surface area (Å²) >= 11 is 5.94. The summed E-state index contributed by atoms with van der Waals surface area (Å²) in [6.45, 7) is 1.69. The highest BCUT2D eigenvalue weighted by Gasteiger charge is 2.31. The molecule has 2 aromatic rings. The number of para-hydroxylation sites is 2. The van der Waals surface area contributed by atoms with Crippen molar-refractivity contribution >= 4 is 29.2 Å². The van der Waals surface area contributed by atoms with Crippen LogP contribution < -0.4 is 20.7 Å². The second-order valence-corrected chi connectivity index (χ2v) is 6.21. The number of hydrogen-bond acceptors (Lipinski definition) is 3. The summed E-state index contributed by atoms with van der Waals surface area (Å²) < 4.78 is 5.27. The molecule has 134 valence electrons. The third kappa shape index (κ3) is 3.65. The van der Waals surface area contributed by atoms with Gasteiger partial charge >= 0.3 is 6.03 Å². The Morgan fingerprint density at radius 2 is 1.85 bits per heavy atom. The number of ether oxygens (including phenoxy) is 1. The van der Waals surface area contributed by atoms with E-state index < -0.39 is 6.04 Å². The van der Waals surface area contributed by atoms with Crippen LogP contribution in [-0.4, -0.2) is 19.0 Å². The van der Waals surface area contributed by atoms with Crippen LogP contribution in [0.4, 0.5) is 10.5 Å². The van der Waals surface area contributed by atoms with Gasteiger partial charge in [-0.3, -0.25) is 4.79 Å². The summed E-state index contributed by atoms with van der Waals surface area (Å²) in [7, 11) is 1.54. The molecule has 0 aliphatic carbocycles. The van der Waals surface area contributed by atoms with Gasteiger partial charge in [0.2, 0.25) is 0 Å². The molecule has 3 amide bonds. The Labute approximate surface area is 156 Å². The van der Waals surface area contributed by atoms with E-state index in [9.17, 15) is 9.59 Å². The lowest BCUT2D eigenvalue weighted by atomic mass is 9.95. The van der Waals surface area contributed by atoms with E-state index in [1.807, 2.05) is 6.07 Å². The molecule has 3 N–H and O–H groups in total. The molecule has 0 saturated heterocycles. The fourth-order valence-corrected chi connectivity index (χ4v) is 2.96. The number of allylic oxidation sites excluding steroid dienone is 1. The van der Waals surface area contributed by atoms with Crippen molar-refractivity contribution in [1.82, 2.24) is 10.6 Å². The quantitative estimate of drug-likeness (QED) is 0.768. The lowest BCUT2D eigenvalue weighted by Crippen LogP contribution is -2.45. The minimum absolute atomic E-state index is 0.334. The number of amides is 3. The molecule has 1 aliphatic rings. The molecule has 7 heteroatoms.